The molecule has 1 unspecified atom stereocenters. The SMILES string of the molecule is O=C1CCC(N2C(=O)c3cccc(NCC(=O)NC4CC(C(=O)O)C4)c3C2=O)C(=O)N1. The van der Waals surface area contributed by atoms with Gasteiger partial charge in [-0.3, -0.25) is 39.0 Å². The average molecular weight is 428 g/mol. The molecule has 0 radical (unpaired) electrons. The molecule has 1 atom stereocenters. The summed E-state index contributed by atoms with van der Waals surface area (Å²) < 4.78 is 0. The number of rotatable bonds is 6. The molecule has 31 heavy (non-hydrogen) atoms. The smallest absolute Gasteiger partial charge is 0.306 e. The highest BCUT2D eigenvalue weighted by Gasteiger charge is 2.45. The van der Waals surface area contributed by atoms with E-state index in [-0.39, 0.29) is 48.1 Å². The van der Waals surface area contributed by atoms with Crippen molar-refractivity contribution < 1.29 is 33.9 Å². The summed E-state index contributed by atoms with van der Waals surface area (Å²) in [4.78, 5) is 73.1. The average Bonchev–Trinajstić information content (AvgIpc) is 2.94. The molecule has 3 aliphatic rings. The third-order valence-corrected chi connectivity index (χ3v) is 5.76. The maximum atomic E-state index is 13.0. The number of fused-ring (bicyclic) bond motifs is 1. The summed E-state index contributed by atoms with van der Waals surface area (Å²) in [6.07, 6.45) is 0.824. The van der Waals surface area contributed by atoms with Crippen molar-refractivity contribution >= 4 is 41.2 Å². The molecule has 2 aliphatic heterocycles. The summed E-state index contributed by atoms with van der Waals surface area (Å²) in [5.74, 6) is -4.14. The van der Waals surface area contributed by atoms with Crippen LogP contribution in [-0.4, -0.2) is 64.1 Å². The Hall–Kier alpha value is -3.76. The highest BCUT2D eigenvalue weighted by molar-refractivity contribution is 6.25. The quantitative estimate of drug-likeness (QED) is 0.440. The lowest BCUT2D eigenvalue weighted by molar-refractivity contribution is -0.146. The number of amides is 5. The monoisotopic (exact) mass is 428 g/mol. The zero-order valence-corrected chi connectivity index (χ0v) is 16.3. The molecule has 2 fully saturated rings. The normalized spacial score (nSPS) is 24.9. The van der Waals surface area contributed by atoms with E-state index in [9.17, 15) is 28.8 Å². The number of carbonyl (C=O) groups excluding carboxylic acids is 5. The Kier molecular flexibility index (Phi) is 5.17. The summed E-state index contributed by atoms with van der Waals surface area (Å²) in [6.45, 7) is -0.176. The Morgan fingerprint density at radius 2 is 1.87 bits per heavy atom. The van der Waals surface area contributed by atoms with Crippen molar-refractivity contribution in [3.05, 3.63) is 29.3 Å². The lowest BCUT2D eigenvalue weighted by Crippen LogP contribution is -2.54. The number of piperidine rings is 1. The lowest BCUT2D eigenvalue weighted by Gasteiger charge is -2.32. The summed E-state index contributed by atoms with van der Waals surface area (Å²) in [7, 11) is 0. The number of carboxylic acid groups (broad SMARTS) is 1. The van der Waals surface area contributed by atoms with E-state index in [1.54, 1.807) is 12.1 Å². The molecule has 11 nitrogen and oxygen atoms in total. The maximum Gasteiger partial charge on any atom is 0.306 e. The fraction of sp³-hybridized carbons (Fsp3) is 0.400. The fourth-order valence-corrected chi connectivity index (χ4v) is 4.05. The molecular formula is C20H20N4O7. The Morgan fingerprint density at radius 1 is 1.13 bits per heavy atom. The molecule has 0 aromatic heterocycles. The molecule has 1 aliphatic carbocycles. The second-order valence-corrected chi connectivity index (χ2v) is 7.80. The van der Waals surface area contributed by atoms with E-state index in [0.717, 1.165) is 4.90 Å². The van der Waals surface area contributed by atoms with Gasteiger partial charge < -0.3 is 15.7 Å². The van der Waals surface area contributed by atoms with E-state index >= 15 is 0 Å². The van der Waals surface area contributed by atoms with Crippen molar-refractivity contribution in [3.8, 4) is 0 Å². The van der Waals surface area contributed by atoms with Crippen LogP contribution in [0.1, 0.15) is 46.4 Å². The Balaban J connectivity index is 1.43. The molecule has 1 aromatic carbocycles. The summed E-state index contributed by atoms with van der Waals surface area (Å²) in [5.41, 5.74) is 0.459. The molecule has 1 saturated heterocycles. The van der Waals surface area contributed by atoms with Crippen LogP contribution in [0.25, 0.3) is 0 Å². The van der Waals surface area contributed by atoms with Crippen LogP contribution in [0.4, 0.5) is 5.69 Å². The van der Waals surface area contributed by atoms with Gasteiger partial charge in [-0.25, -0.2) is 0 Å². The van der Waals surface area contributed by atoms with Crippen molar-refractivity contribution in [2.75, 3.05) is 11.9 Å². The number of anilines is 1. The van der Waals surface area contributed by atoms with Crippen LogP contribution in [-0.2, 0) is 19.2 Å². The molecule has 5 amide bonds. The number of carboxylic acids is 1. The minimum Gasteiger partial charge on any atom is -0.481 e. The molecule has 11 heteroatoms. The van der Waals surface area contributed by atoms with E-state index in [1.807, 2.05) is 0 Å². The molecule has 1 saturated carbocycles. The van der Waals surface area contributed by atoms with Crippen LogP contribution in [0.3, 0.4) is 0 Å². The second-order valence-electron chi connectivity index (χ2n) is 7.80. The number of aliphatic carboxylic acids is 1. The van der Waals surface area contributed by atoms with Crippen molar-refractivity contribution in [1.29, 1.82) is 0 Å². The van der Waals surface area contributed by atoms with E-state index in [2.05, 4.69) is 16.0 Å². The van der Waals surface area contributed by atoms with Gasteiger partial charge >= 0.3 is 5.97 Å². The van der Waals surface area contributed by atoms with Crippen molar-refractivity contribution in [1.82, 2.24) is 15.5 Å². The number of nitrogens with zero attached hydrogens (tertiary/aromatic N) is 1. The van der Waals surface area contributed by atoms with Crippen LogP contribution < -0.4 is 16.0 Å². The number of benzene rings is 1. The highest BCUT2D eigenvalue weighted by Crippen LogP contribution is 2.32. The fourth-order valence-electron chi connectivity index (χ4n) is 4.05. The van der Waals surface area contributed by atoms with Crippen molar-refractivity contribution in [2.45, 2.75) is 37.8 Å². The van der Waals surface area contributed by atoms with Crippen LogP contribution >= 0.6 is 0 Å². The first kappa shape index (κ1) is 20.5. The van der Waals surface area contributed by atoms with E-state index < -0.39 is 41.6 Å². The molecule has 4 N–H and O–H groups in total. The van der Waals surface area contributed by atoms with Crippen molar-refractivity contribution in [3.63, 3.8) is 0 Å². The van der Waals surface area contributed by atoms with Crippen molar-refractivity contribution in [2.24, 2.45) is 5.92 Å². The largest absolute Gasteiger partial charge is 0.481 e. The summed E-state index contributed by atoms with van der Waals surface area (Å²) in [5, 5.41) is 16.6. The minimum atomic E-state index is -1.07. The zero-order valence-electron chi connectivity index (χ0n) is 16.3. The highest BCUT2D eigenvalue weighted by atomic mass is 16.4. The molecule has 2 heterocycles. The van der Waals surface area contributed by atoms with Crippen LogP contribution in [0, 0.1) is 5.92 Å². The molecule has 4 rings (SSSR count). The van der Waals surface area contributed by atoms with Gasteiger partial charge in [-0.05, 0) is 31.4 Å². The third-order valence-electron chi connectivity index (χ3n) is 5.76. The number of hydrogen-bond acceptors (Lipinski definition) is 7. The maximum absolute atomic E-state index is 13.0. The first-order chi connectivity index (χ1) is 14.8. The zero-order chi connectivity index (χ0) is 22.3. The van der Waals surface area contributed by atoms with Gasteiger partial charge in [-0.1, -0.05) is 6.07 Å². The number of carbonyl (C=O) groups is 6. The van der Waals surface area contributed by atoms with E-state index in [1.165, 1.54) is 6.07 Å². The van der Waals surface area contributed by atoms with Crippen LogP contribution in [0.2, 0.25) is 0 Å². The van der Waals surface area contributed by atoms with E-state index in [4.69, 9.17) is 5.11 Å². The van der Waals surface area contributed by atoms with Gasteiger partial charge in [0.2, 0.25) is 17.7 Å². The topological polar surface area (TPSA) is 162 Å². The summed E-state index contributed by atoms with van der Waals surface area (Å²) in [6, 6.07) is 3.30. The van der Waals surface area contributed by atoms with Gasteiger partial charge in [-0.15, -0.1) is 0 Å². The first-order valence-electron chi connectivity index (χ1n) is 9.87. The lowest BCUT2D eigenvalue weighted by atomic mass is 9.80. The number of nitrogens with one attached hydrogen (secondary N) is 3. The first-order valence-corrected chi connectivity index (χ1v) is 9.87. The minimum absolute atomic E-state index is 0.0268. The van der Waals surface area contributed by atoms with Gasteiger partial charge in [0, 0.05) is 18.2 Å². The van der Waals surface area contributed by atoms with Crippen LogP contribution in [0.5, 0.6) is 0 Å². The Bertz CT molecular complexity index is 1010. The molecule has 162 valence electrons. The van der Waals surface area contributed by atoms with E-state index in [0.29, 0.717) is 12.8 Å². The van der Waals surface area contributed by atoms with Gasteiger partial charge in [0.15, 0.2) is 0 Å². The predicted octanol–water partition coefficient (Wildman–Crippen LogP) is -0.521. The predicted molar refractivity (Wildman–Crippen MR) is 104 cm³/mol. The summed E-state index contributed by atoms with van der Waals surface area (Å²) >= 11 is 0. The molecule has 1 aromatic rings. The molecule has 0 spiro atoms. The van der Waals surface area contributed by atoms with Gasteiger partial charge in [0.25, 0.3) is 11.8 Å². The number of hydrogen-bond donors (Lipinski definition) is 4. The van der Waals surface area contributed by atoms with Crippen LogP contribution in [0.15, 0.2) is 18.2 Å². The van der Waals surface area contributed by atoms with Gasteiger partial charge in [0.05, 0.1) is 23.6 Å². The molecule has 0 bridgehead atoms. The number of imide groups is 2. The standard InChI is InChI=1S/C20H20N4O7/c25-14-5-4-13(17(27)23-14)24-18(28)11-2-1-3-12(16(11)19(24)29)21-8-15(26)22-10-6-9(7-10)20(30)31/h1-3,9-10,13,21H,4-8H2,(H,22,26)(H,30,31)(H,23,25,27). The van der Waals surface area contributed by atoms with Gasteiger partial charge in [-0.2, -0.15) is 0 Å². The Morgan fingerprint density at radius 3 is 2.55 bits per heavy atom. The second kappa shape index (κ2) is 7.82. The van der Waals surface area contributed by atoms with Gasteiger partial charge in [0.1, 0.15) is 6.04 Å². The third kappa shape index (κ3) is 3.74. The molecular weight excluding hydrogens is 408 g/mol. The Labute approximate surface area is 176 Å².